The summed E-state index contributed by atoms with van der Waals surface area (Å²) in [6, 6.07) is 5.82. The van der Waals surface area contributed by atoms with Gasteiger partial charge >= 0.3 is 0 Å². The monoisotopic (exact) mass is 393 g/mol. The van der Waals surface area contributed by atoms with Crippen molar-refractivity contribution in [2.24, 2.45) is 11.8 Å². The summed E-state index contributed by atoms with van der Waals surface area (Å²) in [7, 11) is 0. The first-order chi connectivity index (χ1) is 11.5. The van der Waals surface area contributed by atoms with Gasteiger partial charge in [0.1, 0.15) is 0 Å². The lowest BCUT2D eigenvalue weighted by Gasteiger charge is -2.34. The highest BCUT2D eigenvalue weighted by molar-refractivity contribution is 9.10. The molecule has 0 bridgehead atoms. The largest absolute Gasteiger partial charge is 0.340 e. The van der Waals surface area contributed by atoms with Gasteiger partial charge in [0.2, 0.25) is 11.8 Å². The molecule has 5 nitrogen and oxygen atoms in total. The van der Waals surface area contributed by atoms with Gasteiger partial charge in [-0.25, -0.2) is 0 Å². The van der Waals surface area contributed by atoms with Gasteiger partial charge in [0.15, 0.2) is 0 Å². The molecule has 1 saturated carbocycles. The highest BCUT2D eigenvalue weighted by Gasteiger charge is 2.49. The number of piperazine rings is 1. The van der Waals surface area contributed by atoms with Crippen molar-refractivity contribution in [3.8, 4) is 0 Å². The number of carbonyl (C=O) groups excluding carboxylic acids is 2. The number of hydrogen-bond acceptors (Lipinski definition) is 3. The normalized spacial score (nSPS) is 23.9. The van der Waals surface area contributed by atoms with Crippen molar-refractivity contribution in [2.75, 3.05) is 38.0 Å². The van der Waals surface area contributed by atoms with Crippen molar-refractivity contribution in [3.05, 3.63) is 28.2 Å². The second kappa shape index (κ2) is 7.23. The molecule has 2 atom stereocenters. The summed E-state index contributed by atoms with van der Waals surface area (Å²) in [6.45, 7) is 8.60. The predicted molar refractivity (Wildman–Crippen MR) is 97.8 cm³/mol. The minimum atomic E-state index is -0.185. The maximum atomic E-state index is 12.6. The number of amides is 2. The lowest BCUT2D eigenvalue weighted by molar-refractivity contribution is -0.135. The third-order valence-corrected chi connectivity index (χ3v) is 5.61. The van der Waals surface area contributed by atoms with Gasteiger partial charge in [-0.1, -0.05) is 13.0 Å². The van der Waals surface area contributed by atoms with Gasteiger partial charge in [0.05, 0.1) is 17.5 Å². The van der Waals surface area contributed by atoms with Gasteiger partial charge in [-0.05, 0) is 53.5 Å². The minimum absolute atomic E-state index is 0.0508. The molecule has 2 fully saturated rings. The standard InChI is InChI=1S/C18H24BrN3O2/c1-3-21-6-8-22(9-7-21)18(24)14-11-13(14)17(23)20-16-5-4-12(2)10-15(16)19/h4-5,10,13-14H,3,6-9,11H2,1-2H3,(H,20,23). The van der Waals surface area contributed by atoms with Gasteiger partial charge in [-0.15, -0.1) is 0 Å². The van der Waals surface area contributed by atoms with E-state index in [0.29, 0.717) is 6.42 Å². The van der Waals surface area contributed by atoms with Crippen LogP contribution in [0.2, 0.25) is 0 Å². The van der Waals surface area contributed by atoms with E-state index in [2.05, 4.69) is 33.1 Å². The van der Waals surface area contributed by atoms with Crippen molar-refractivity contribution in [1.82, 2.24) is 9.80 Å². The smallest absolute Gasteiger partial charge is 0.228 e. The van der Waals surface area contributed by atoms with Crippen molar-refractivity contribution in [1.29, 1.82) is 0 Å². The third-order valence-electron chi connectivity index (χ3n) is 4.96. The summed E-state index contributed by atoms with van der Waals surface area (Å²) >= 11 is 3.47. The SMILES string of the molecule is CCN1CCN(C(=O)C2CC2C(=O)Nc2ccc(C)cc2Br)CC1. The number of halogens is 1. The average molecular weight is 394 g/mol. The molecule has 1 heterocycles. The van der Waals surface area contributed by atoms with Crippen LogP contribution in [0.1, 0.15) is 18.9 Å². The van der Waals surface area contributed by atoms with Crippen LogP contribution in [0.15, 0.2) is 22.7 Å². The van der Waals surface area contributed by atoms with Crippen LogP contribution >= 0.6 is 15.9 Å². The number of anilines is 1. The Morgan fingerprint density at radius 2 is 1.92 bits per heavy atom. The van der Waals surface area contributed by atoms with Crippen molar-refractivity contribution in [2.45, 2.75) is 20.3 Å². The van der Waals surface area contributed by atoms with E-state index < -0.39 is 0 Å². The van der Waals surface area contributed by atoms with Gasteiger partial charge in [-0.2, -0.15) is 0 Å². The van der Waals surface area contributed by atoms with E-state index in [4.69, 9.17) is 0 Å². The van der Waals surface area contributed by atoms with Crippen LogP contribution in [0.3, 0.4) is 0 Å². The molecule has 2 amide bonds. The first kappa shape index (κ1) is 17.4. The zero-order valence-corrected chi connectivity index (χ0v) is 15.8. The van der Waals surface area contributed by atoms with E-state index >= 15 is 0 Å². The molecule has 0 radical (unpaired) electrons. The first-order valence-corrected chi connectivity index (χ1v) is 9.37. The molecule has 0 spiro atoms. The molecule has 1 N–H and O–H groups in total. The molecule has 1 aromatic carbocycles. The van der Waals surface area contributed by atoms with Crippen LogP contribution in [-0.4, -0.2) is 54.3 Å². The Morgan fingerprint density at radius 1 is 1.21 bits per heavy atom. The molecule has 1 saturated heterocycles. The van der Waals surface area contributed by atoms with E-state index in [1.54, 1.807) is 0 Å². The maximum Gasteiger partial charge on any atom is 0.228 e. The lowest BCUT2D eigenvalue weighted by atomic mass is 10.2. The number of carbonyl (C=O) groups is 2. The molecule has 24 heavy (non-hydrogen) atoms. The Kier molecular flexibility index (Phi) is 5.25. The van der Waals surface area contributed by atoms with Crippen LogP contribution in [0.25, 0.3) is 0 Å². The zero-order chi connectivity index (χ0) is 17.3. The number of rotatable bonds is 4. The Balaban J connectivity index is 1.53. The summed E-state index contributed by atoms with van der Waals surface area (Å²) in [4.78, 5) is 29.2. The van der Waals surface area contributed by atoms with Gasteiger partial charge in [0.25, 0.3) is 0 Å². The molecule has 1 aliphatic carbocycles. The molecule has 0 aromatic heterocycles. The van der Waals surface area contributed by atoms with Crippen LogP contribution in [0.5, 0.6) is 0 Å². The minimum Gasteiger partial charge on any atom is -0.340 e. The number of hydrogen-bond donors (Lipinski definition) is 1. The van der Waals surface area contributed by atoms with Crippen LogP contribution in [-0.2, 0) is 9.59 Å². The van der Waals surface area contributed by atoms with Crippen LogP contribution in [0, 0.1) is 18.8 Å². The first-order valence-electron chi connectivity index (χ1n) is 8.57. The Bertz CT molecular complexity index is 641. The highest BCUT2D eigenvalue weighted by Crippen LogP contribution is 2.41. The fourth-order valence-electron chi connectivity index (χ4n) is 3.22. The van der Waals surface area contributed by atoms with Gasteiger partial charge < -0.3 is 15.1 Å². The Hall–Kier alpha value is -1.40. The number of nitrogens with one attached hydrogen (secondary N) is 1. The highest BCUT2D eigenvalue weighted by atomic mass is 79.9. The number of benzene rings is 1. The van der Waals surface area contributed by atoms with Gasteiger partial charge in [0, 0.05) is 30.7 Å². The van der Waals surface area contributed by atoms with E-state index in [9.17, 15) is 9.59 Å². The average Bonchev–Trinajstić information content (AvgIpc) is 3.37. The third kappa shape index (κ3) is 3.81. The molecular weight excluding hydrogens is 370 g/mol. The van der Waals surface area contributed by atoms with Gasteiger partial charge in [-0.3, -0.25) is 9.59 Å². The zero-order valence-electron chi connectivity index (χ0n) is 14.2. The van der Waals surface area contributed by atoms with E-state index in [1.165, 1.54) is 0 Å². The van der Waals surface area contributed by atoms with Crippen molar-refractivity contribution >= 4 is 33.4 Å². The fraction of sp³-hybridized carbons (Fsp3) is 0.556. The predicted octanol–water partition coefficient (Wildman–Crippen LogP) is 2.50. The molecule has 2 aliphatic rings. The topological polar surface area (TPSA) is 52.7 Å². The van der Waals surface area contributed by atoms with Crippen molar-refractivity contribution in [3.63, 3.8) is 0 Å². The molecule has 3 rings (SSSR count). The van der Waals surface area contributed by atoms with Crippen LogP contribution < -0.4 is 5.32 Å². The van der Waals surface area contributed by atoms with Crippen molar-refractivity contribution < 1.29 is 9.59 Å². The number of nitrogens with zero attached hydrogens (tertiary/aromatic N) is 2. The molecule has 2 unspecified atom stereocenters. The molecule has 1 aromatic rings. The number of aryl methyl sites for hydroxylation is 1. The van der Waals surface area contributed by atoms with E-state index in [-0.39, 0.29) is 23.7 Å². The van der Waals surface area contributed by atoms with E-state index in [0.717, 1.165) is 48.4 Å². The fourth-order valence-corrected chi connectivity index (χ4v) is 3.82. The second-order valence-corrected chi connectivity index (χ2v) is 7.54. The summed E-state index contributed by atoms with van der Waals surface area (Å²) in [5.74, 6) is -0.226. The molecule has 6 heteroatoms. The maximum absolute atomic E-state index is 12.6. The quantitative estimate of drug-likeness (QED) is 0.854. The Morgan fingerprint density at radius 3 is 2.54 bits per heavy atom. The summed E-state index contributed by atoms with van der Waals surface area (Å²) in [5.41, 5.74) is 1.89. The van der Waals surface area contributed by atoms with Crippen LogP contribution in [0.4, 0.5) is 5.69 Å². The summed E-state index contributed by atoms with van der Waals surface area (Å²) in [6.07, 6.45) is 0.669. The van der Waals surface area contributed by atoms with E-state index in [1.807, 2.05) is 30.0 Å². The molecule has 1 aliphatic heterocycles. The molecular formula is C18H24BrN3O2. The Labute approximate surface area is 151 Å². The number of likely N-dealkylation sites (N-methyl/N-ethyl adjacent to an activating group) is 1. The second-order valence-electron chi connectivity index (χ2n) is 6.68. The summed E-state index contributed by atoms with van der Waals surface area (Å²) < 4.78 is 0.870. The lowest BCUT2D eigenvalue weighted by Crippen LogP contribution is -2.49. The molecule has 130 valence electrons. The summed E-state index contributed by atoms with van der Waals surface area (Å²) in [5, 5.41) is 2.94.